The zero-order chi connectivity index (χ0) is 21.4. The first-order valence-electron chi connectivity index (χ1n) is 10.7. The molecule has 4 heterocycles. The van der Waals surface area contributed by atoms with Gasteiger partial charge in [0.2, 0.25) is 0 Å². The number of hydrogen-bond donors (Lipinski definition) is 1. The van der Waals surface area contributed by atoms with Crippen LogP contribution < -0.4 is 5.32 Å². The van der Waals surface area contributed by atoms with Crippen LogP contribution in [0.3, 0.4) is 0 Å². The zero-order valence-electron chi connectivity index (χ0n) is 17.4. The van der Waals surface area contributed by atoms with Gasteiger partial charge >= 0.3 is 5.97 Å². The molecule has 0 unspecified atom stereocenters. The fraction of sp³-hybridized carbons (Fsp3) is 0.417. The first-order chi connectivity index (χ1) is 15.1. The molecule has 5 rings (SSSR count). The van der Waals surface area contributed by atoms with Crippen molar-refractivity contribution in [3.8, 4) is 0 Å². The van der Waals surface area contributed by atoms with Crippen LogP contribution in [0.5, 0.6) is 0 Å². The number of dihydropyridines is 1. The summed E-state index contributed by atoms with van der Waals surface area (Å²) in [6.45, 7) is 2.89. The molecule has 0 amide bonds. The maximum absolute atomic E-state index is 13.4. The molecule has 162 valence electrons. The fourth-order valence-corrected chi connectivity index (χ4v) is 6.35. The minimum Gasteiger partial charge on any atom is -0.459 e. The van der Waals surface area contributed by atoms with Crippen LogP contribution in [0, 0.1) is 0 Å². The van der Waals surface area contributed by atoms with Crippen LogP contribution in [0.25, 0.3) is 0 Å². The highest BCUT2D eigenvalue weighted by molar-refractivity contribution is 7.10. The molecule has 2 aliphatic heterocycles. The van der Waals surface area contributed by atoms with Crippen molar-refractivity contribution >= 4 is 34.4 Å². The van der Waals surface area contributed by atoms with Crippen molar-refractivity contribution in [2.45, 2.75) is 50.5 Å². The molecule has 0 bridgehead atoms. The molecule has 2 aromatic rings. The predicted molar refractivity (Wildman–Crippen MR) is 121 cm³/mol. The third-order valence-electron chi connectivity index (χ3n) is 6.29. The van der Waals surface area contributed by atoms with Gasteiger partial charge in [-0.3, -0.25) is 4.79 Å². The number of thiophene rings is 2. The second-order valence-electron chi connectivity index (χ2n) is 8.32. The van der Waals surface area contributed by atoms with E-state index in [4.69, 9.17) is 9.47 Å². The highest BCUT2D eigenvalue weighted by Gasteiger charge is 2.41. The molecular weight excluding hydrogens is 430 g/mol. The monoisotopic (exact) mass is 455 g/mol. The van der Waals surface area contributed by atoms with E-state index in [1.807, 2.05) is 29.8 Å². The van der Waals surface area contributed by atoms with E-state index in [2.05, 4.69) is 16.8 Å². The number of Topliss-reactive ketones (excluding diaryl/α,β-unsaturated/α-hetero) is 1. The van der Waals surface area contributed by atoms with E-state index in [0.717, 1.165) is 48.4 Å². The largest absolute Gasteiger partial charge is 0.459 e. The Labute approximate surface area is 189 Å². The van der Waals surface area contributed by atoms with Gasteiger partial charge in [0, 0.05) is 46.7 Å². The number of carbonyl (C=O) groups is 2. The second-order valence-corrected chi connectivity index (χ2v) is 10.1. The standard InChI is InChI=1S/C24H25NO4S2/c1-14-21(24(27)29-12-17-4-2-7-28-17)22(15-6-9-30-13-15)23-18(25-14)10-16(11-19(23)26)20-5-3-8-31-20/h3,5-6,8-9,13,16-17,22,25H,2,4,7,10-12H2,1H3/t16-,17+,22-/m1/s1. The zero-order valence-corrected chi connectivity index (χ0v) is 19.0. The average Bonchev–Trinajstić information content (AvgIpc) is 3.54. The van der Waals surface area contributed by atoms with Crippen molar-refractivity contribution in [3.63, 3.8) is 0 Å². The van der Waals surface area contributed by atoms with Gasteiger partial charge in [0.15, 0.2) is 5.78 Å². The molecule has 1 fully saturated rings. The molecule has 3 atom stereocenters. The lowest BCUT2D eigenvalue weighted by molar-refractivity contribution is -0.142. The summed E-state index contributed by atoms with van der Waals surface area (Å²) in [4.78, 5) is 27.8. The summed E-state index contributed by atoms with van der Waals surface area (Å²) < 4.78 is 11.3. The van der Waals surface area contributed by atoms with Gasteiger partial charge in [-0.05, 0) is 60.0 Å². The Bertz CT molecular complexity index is 1030. The molecule has 7 heteroatoms. The number of nitrogens with one attached hydrogen (secondary N) is 1. The van der Waals surface area contributed by atoms with Crippen molar-refractivity contribution in [2.24, 2.45) is 0 Å². The number of esters is 1. The molecule has 5 nitrogen and oxygen atoms in total. The van der Waals surface area contributed by atoms with Gasteiger partial charge in [0.05, 0.1) is 11.7 Å². The molecule has 1 N–H and O–H groups in total. The molecule has 1 saturated heterocycles. The summed E-state index contributed by atoms with van der Waals surface area (Å²) in [7, 11) is 0. The second kappa shape index (κ2) is 8.73. The Hall–Kier alpha value is -2.22. The van der Waals surface area contributed by atoms with E-state index >= 15 is 0 Å². The third kappa shape index (κ3) is 4.02. The number of carbonyl (C=O) groups excluding carboxylic acids is 2. The molecule has 0 saturated carbocycles. The molecule has 0 radical (unpaired) electrons. The summed E-state index contributed by atoms with van der Waals surface area (Å²) in [6, 6.07) is 6.14. The molecule has 2 aromatic heterocycles. The maximum atomic E-state index is 13.4. The smallest absolute Gasteiger partial charge is 0.336 e. The third-order valence-corrected chi connectivity index (χ3v) is 8.03. The summed E-state index contributed by atoms with van der Waals surface area (Å²) in [6.07, 6.45) is 3.13. The van der Waals surface area contributed by atoms with E-state index in [9.17, 15) is 9.59 Å². The average molecular weight is 456 g/mol. The lowest BCUT2D eigenvalue weighted by Gasteiger charge is -2.36. The van der Waals surface area contributed by atoms with Crippen molar-refractivity contribution in [2.75, 3.05) is 13.2 Å². The SMILES string of the molecule is CC1=C(C(=O)OC[C@@H]2CCCO2)[C@@H](c2ccsc2)C2=C(C[C@@H](c3cccs3)CC2=O)N1. The minimum atomic E-state index is -0.378. The van der Waals surface area contributed by atoms with Crippen molar-refractivity contribution in [1.29, 1.82) is 0 Å². The number of rotatable bonds is 5. The Morgan fingerprint density at radius 3 is 2.90 bits per heavy atom. The van der Waals surface area contributed by atoms with E-state index in [-0.39, 0.29) is 36.3 Å². The van der Waals surface area contributed by atoms with Crippen molar-refractivity contribution in [3.05, 3.63) is 67.3 Å². The first-order valence-corrected chi connectivity index (χ1v) is 12.5. The van der Waals surface area contributed by atoms with Crippen LogP contribution in [-0.4, -0.2) is 31.1 Å². The number of ether oxygens (including phenoxy) is 2. The summed E-state index contributed by atoms with van der Waals surface area (Å²) in [5, 5.41) is 9.48. The fourth-order valence-electron chi connectivity index (χ4n) is 4.83. The molecular formula is C24H25NO4S2. The molecule has 31 heavy (non-hydrogen) atoms. The Morgan fingerprint density at radius 2 is 2.19 bits per heavy atom. The van der Waals surface area contributed by atoms with Crippen LogP contribution in [0.4, 0.5) is 0 Å². The van der Waals surface area contributed by atoms with E-state index < -0.39 is 0 Å². The van der Waals surface area contributed by atoms with E-state index in [1.165, 1.54) is 4.88 Å². The van der Waals surface area contributed by atoms with Crippen molar-refractivity contribution < 1.29 is 19.1 Å². The summed E-state index contributed by atoms with van der Waals surface area (Å²) >= 11 is 3.27. The van der Waals surface area contributed by atoms with Crippen LogP contribution in [0.15, 0.2) is 56.9 Å². The Kier molecular flexibility index (Phi) is 5.82. The molecule has 0 spiro atoms. The Morgan fingerprint density at radius 1 is 1.29 bits per heavy atom. The lowest BCUT2D eigenvalue weighted by Crippen LogP contribution is -2.36. The topological polar surface area (TPSA) is 64.6 Å². The van der Waals surface area contributed by atoms with Gasteiger partial charge in [0.1, 0.15) is 6.61 Å². The number of allylic oxidation sites excluding steroid dienone is 3. The summed E-state index contributed by atoms with van der Waals surface area (Å²) in [5.41, 5.74) is 3.95. The highest BCUT2D eigenvalue weighted by Crippen LogP contribution is 2.46. The number of hydrogen-bond acceptors (Lipinski definition) is 7. The molecule has 0 aromatic carbocycles. The highest BCUT2D eigenvalue weighted by atomic mass is 32.1. The molecule has 3 aliphatic rings. The van der Waals surface area contributed by atoms with Crippen molar-refractivity contribution in [1.82, 2.24) is 5.32 Å². The van der Waals surface area contributed by atoms with Crippen LogP contribution in [-0.2, 0) is 19.1 Å². The van der Waals surface area contributed by atoms with Crippen LogP contribution in [0.1, 0.15) is 54.9 Å². The van der Waals surface area contributed by atoms with Gasteiger partial charge in [-0.2, -0.15) is 11.3 Å². The Balaban J connectivity index is 1.46. The predicted octanol–water partition coefficient (Wildman–Crippen LogP) is 4.89. The van der Waals surface area contributed by atoms with Gasteiger partial charge in [-0.15, -0.1) is 11.3 Å². The van der Waals surface area contributed by atoms with E-state index in [1.54, 1.807) is 22.7 Å². The normalized spacial score (nSPS) is 26.1. The van der Waals surface area contributed by atoms with E-state index in [0.29, 0.717) is 12.0 Å². The quantitative estimate of drug-likeness (QED) is 0.650. The first kappa shape index (κ1) is 20.7. The maximum Gasteiger partial charge on any atom is 0.336 e. The number of ketones is 1. The van der Waals surface area contributed by atoms with Gasteiger partial charge in [-0.1, -0.05) is 6.07 Å². The van der Waals surface area contributed by atoms with Gasteiger partial charge in [0.25, 0.3) is 0 Å². The summed E-state index contributed by atoms with van der Waals surface area (Å²) in [5.74, 6) is -0.448. The minimum absolute atomic E-state index is 0.0290. The molecule has 1 aliphatic carbocycles. The van der Waals surface area contributed by atoms with Crippen LogP contribution >= 0.6 is 22.7 Å². The van der Waals surface area contributed by atoms with Gasteiger partial charge < -0.3 is 14.8 Å². The lowest BCUT2D eigenvalue weighted by atomic mass is 9.73. The van der Waals surface area contributed by atoms with Crippen LogP contribution in [0.2, 0.25) is 0 Å². The van der Waals surface area contributed by atoms with Gasteiger partial charge in [-0.25, -0.2) is 4.79 Å².